The number of amides is 2. The summed E-state index contributed by atoms with van der Waals surface area (Å²) < 4.78 is 49.4. The average Bonchev–Trinajstić information content (AvgIpc) is 3.93. The van der Waals surface area contributed by atoms with Crippen LogP contribution in [0.25, 0.3) is 5.78 Å². The van der Waals surface area contributed by atoms with Crippen LogP contribution in [0.2, 0.25) is 0 Å². The summed E-state index contributed by atoms with van der Waals surface area (Å²) in [6, 6.07) is 1.33. The predicted octanol–water partition coefficient (Wildman–Crippen LogP) is 3.52. The van der Waals surface area contributed by atoms with E-state index in [0.29, 0.717) is 66.4 Å². The van der Waals surface area contributed by atoms with Crippen molar-refractivity contribution in [2.24, 2.45) is 36.6 Å². The molecule has 0 aromatic carbocycles. The molecule has 2 saturated heterocycles. The lowest BCUT2D eigenvalue weighted by molar-refractivity contribution is -0.183. The second-order valence-electron chi connectivity index (χ2n) is 12.9. The molecule has 44 heavy (non-hydrogen) atoms. The number of piperidine rings is 1. The number of rotatable bonds is 9. The molecule has 5 heterocycles. The Morgan fingerprint density at radius 2 is 1.86 bits per heavy atom. The standard InChI is InChI=1S/C30H37F3N8O3/c1-40-23(6-9-35-40)28(43)37-26(24(16-2-3-16)17-4-5-17)22-15-41-29(36-22)38-25(18-7-10-44-11-8-18)21(39-41)13-19-12-20(30(31,32)33)14-34-27(19)42/h6,9,15-20,24,26H,2-5,7-8,10-14H2,1H3,(H,34,42)(H,37,43). The fourth-order valence-electron chi connectivity index (χ4n) is 7.11. The third-order valence-electron chi connectivity index (χ3n) is 9.78. The zero-order valence-electron chi connectivity index (χ0n) is 24.6. The molecule has 2 aliphatic carbocycles. The van der Waals surface area contributed by atoms with Crippen molar-refractivity contribution in [1.82, 2.24) is 40.0 Å². The maximum absolute atomic E-state index is 13.6. The molecule has 2 amide bonds. The minimum Gasteiger partial charge on any atom is -0.381 e. The number of nitrogens with zero attached hydrogens (tertiary/aromatic N) is 6. The molecule has 3 unspecified atom stereocenters. The van der Waals surface area contributed by atoms with E-state index in [2.05, 4.69) is 15.7 Å². The Labute approximate surface area is 252 Å². The van der Waals surface area contributed by atoms with E-state index in [0.717, 1.165) is 25.7 Å². The molecule has 7 rings (SSSR count). The number of ether oxygens (including phenoxy) is 1. The summed E-state index contributed by atoms with van der Waals surface area (Å²) >= 11 is 0. The second kappa shape index (κ2) is 11.4. The van der Waals surface area contributed by atoms with Gasteiger partial charge in [0.2, 0.25) is 5.91 Å². The first kappa shape index (κ1) is 29.2. The van der Waals surface area contributed by atoms with Crippen molar-refractivity contribution in [1.29, 1.82) is 0 Å². The van der Waals surface area contributed by atoms with E-state index in [9.17, 15) is 22.8 Å². The second-order valence-corrected chi connectivity index (χ2v) is 12.9. The lowest BCUT2D eigenvalue weighted by atomic mass is 9.84. The molecule has 2 saturated carbocycles. The lowest BCUT2D eigenvalue weighted by Gasteiger charge is -2.31. The number of halogens is 3. The highest BCUT2D eigenvalue weighted by atomic mass is 19.4. The number of hydrogen-bond donors (Lipinski definition) is 2. The molecule has 236 valence electrons. The summed E-state index contributed by atoms with van der Waals surface area (Å²) in [7, 11) is 1.73. The van der Waals surface area contributed by atoms with E-state index < -0.39 is 30.5 Å². The molecule has 11 nitrogen and oxygen atoms in total. The Morgan fingerprint density at radius 1 is 1.14 bits per heavy atom. The predicted molar refractivity (Wildman–Crippen MR) is 150 cm³/mol. The number of hydrogen-bond acceptors (Lipinski definition) is 7. The molecule has 0 radical (unpaired) electrons. The van der Waals surface area contributed by atoms with Crippen LogP contribution in [0.5, 0.6) is 0 Å². The number of carbonyl (C=O) groups is 2. The van der Waals surface area contributed by atoms with Crippen LogP contribution < -0.4 is 10.6 Å². The minimum absolute atomic E-state index is 0.00696. The molecule has 3 atom stereocenters. The molecular formula is C30H37F3N8O3. The molecule has 0 spiro atoms. The van der Waals surface area contributed by atoms with E-state index >= 15 is 0 Å². The topological polar surface area (TPSA) is 128 Å². The molecule has 3 aromatic heterocycles. The highest BCUT2D eigenvalue weighted by Crippen LogP contribution is 2.54. The van der Waals surface area contributed by atoms with Gasteiger partial charge in [-0.25, -0.2) is 14.5 Å². The van der Waals surface area contributed by atoms with Crippen molar-refractivity contribution in [3.63, 3.8) is 0 Å². The molecule has 2 aliphatic heterocycles. The maximum Gasteiger partial charge on any atom is 0.393 e. The number of carbonyl (C=O) groups excluding carboxylic acids is 2. The van der Waals surface area contributed by atoms with Gasteiger partial charge in [0.15, 0.2) is 0 Å². The molecule has 0 bridgehead atoms. The summed E-state index contributed by atoms with van der Waals surface area (Å²) in [6.07, 6.45) is 4.60. The Kier molecular flexibility index (Phi) is 7.58. The van der Waals surface area contributed by atoms with Crippen molar-refractivity contribution < 1.29 is 27.5 Å². The smallest absolute Gasteiger partial charge is 0.381 e. The van der Waals surface area contributed by atoms with Crippen LogP contribution in [0.3, 0.4) is 0 Å². The van der Waals surface area contributed by atoms with Gasteiger partial charge in [0.05, 0.1) is 35.2 Å². The first-order chi connectivity index (χ1) is 21.2. The fraction of sp³-hybridized carbons (Fsp3) is 0.667. The molecule has 14 heteroatoms. The van der Waals surface area contributed by atoms with Gasteiger partial charge < -0.3 is 15.4 Å². The summed E-state index contributed by atoms with van der Waals surface area (Å²) in [6.45, 7) is 0.683. The summed E-state index contributed by atoms with van der Waals surface area (Å²) in [5, 5.41) is 14.7. The van der Waals surface area contributed by atoms with Crippen molar-refractivity contribution >= 4 is 17.6 Å². The van der Waals surface area contributed by atoms with E-state index in [1.807, 2.05) is 0 Å². The number of alkyl halides is 3. The Hall–Kier alpha value is -3.55. The quantitative estimate of drug-likeness (QED) is 0.378. The monoisotopic (exact) mass is 614 g/mol. The Bertz CT molecular complexity index is 1530. The van der Waals surface area contributed by atoms with Crippen molar-refractivity contribution in [3.05, 3.63) is 41.2 Å². The third kappa shape index (κ3) is 5.92. The molecule has 4 aliphatic rings. The molecular weight excluding hydrogens is 577 g/mol. The van der Waals surface area contributed by atoms with Gasteiger partial charge in [-0.2, -0.15) is 23.4 Å². The minimum atomic E-state index is -4.39. The maximum atomic E-state index is 13.6. The van der Waals surface area contributed by atoms with Crippen LogP contribution in [-0.2, 0) is 23.0 Å². The number of aromatic nitrogens is 6. The number of nitrogens with one attached hydrogen (secondary N) is 2. The van der Waals surface area contributed by atoms with Gasteiger partial charge in [-0.1, -0.05) is 0 Å². The van der Waals surface area contributed by atoms with E-state index in [-0.39, 0.29) is 36.6 Å². The van der Waals surface area contributed by atoms with Crippen LogP contribution >= 0.6 is 0 Å². The Balaban J connectivity index is 1.25. The Morgan fingerprint density at radius 3 is 2.50 bits per heavy atom. The van der Waals surface area contributed by atoms with Crippen LogP contribution in [0, 0.1) is 29.6 Å². The summed E-state index contributed by atoms with van der Waals surface area (Å²) in [5.41, 5.74) is 2.28. The van der Waals surface area contributed by atoms with Gasteiger partial charge in [0.25, 0.3) is 11.7 Å². The van der Waals surface area contributed by atoms with E-state index in [1.54, 1.807) is 34.7 Å². The molecule has 4 fully saturated rings. The van der Waals surface area contributed by atoms with Gasteiger partial charge >= 0.3 is 6.18 Å². The summed E-state index contributed by atoms with van der Waals surface area (Å²) in [4.78, 5) is 36.0. The van der Waals surface area contributed by atoms with E-state index in [4.69, 9.17) is 19.8 Å². The number of aryl methyl sites for hydroxylation is 1. The number of imidazole rings is 1. The van der Waals surface area contributed by atoms with E-state index in [1.165, 1.54) is 0 Å². The average molecular weight is 615 g/mol. The SMILES string of the molecule is Cn1nccc1C(=O)NC(c1cn2nc(CC3CC(C(F)(F)F)CNC3=O)c(C3CCOCC3)nc2n1)C(C1CC1)C1CC1. The normalized spacial score (nSPS) is 24.1. The first-order valence-electron chi connectivity index (χ1n) is 15.6. The van der Waals surface area contributed by atoms with Crippen molar-refractivity contribution in [2.75, 3.05) is 19.8 Å². The van der Waals surface area contributed by atoms with Crippen LogP contribution in [0.4, 0.5) is 13.2 Å². The zero-order valence-corrected chi connectivity index (χ0v) is 24.6. The first-order valence-corrected chi connectivity index (χ1v) is 15.6. The lowest BCUT2D eigenvalue weighted by Crippen LogP contribution is -2.47. The fourth-order valence-corrected chi connectivity index (χ4v) is 7.11. The van der Waals surface area contributed by atoms with Crippen LogP contribution in [0.1, 0.15) is 84.5 Å². The van der Waals surface area contributed by atoms with Gasteiger partial charge in [0, 0.05) is 51.3 Å². The van der Waals surface area contributed by atoms with Crippen LogP contribution in [-0.4, -0.2) is 67.1 Å². The van der Waals surface area contributed by atoms with Gasteiger partial charge in [-0.3, -0.25) is 14.3 Å². The van der Waals surface area contributed by atoms with Crippen LogP contribution in [0.15, 0.2) is 18.5 Å². The number of fused-ring (bicyclic) bond motifs is 1. The molecule has 2 N–H and O–H groups in total. The van der Waals surface area contributed by atoms with Gasteiger partial charge in [-0.15, -0.1) is 0 Å². The van der Waals surface area contributed by atoms with Gasteiger partial charge in [0.1, 0.15) is 5.69 Å². The highest BCUT2D eigenvalue weighted by molar-refractivity contribution is 5.92. The van der Waals surface area contributed by atoms with Crippen molar-refractivity contribution in [2.45, 2.75) is 69.5 Å². The zero-order chi connectivity index (χ0) is 30.6. The van der Waals surface area contributed by atoms with Crippen molar-refractivity contribution in [3.8, 4) is 0 Å². The third-order valence-corrected chi connectivity index (χ3v) is 9.78. The largest absolute Gasteiger partial charge is 0.393 e. The summed E-state index contributed by atoms with van der Waals surface area (Å²) in [5.74, 6) is -1.49. The van der Waals surface area contributed by atoms with Gasteiger partial charge in [-0.05, 0) is 68.8 Å². The molecule has 3 aromatic rings. The highest BCUT2D eigenvalue weighted by Gasteiger charge is 2.48.